The van der Waals surface area contributed by atoms with Crippen molar-refractivity contribution in [3.63, 3.8) is 0 Å². The summed E-state index contributed by atoms with van der Waals surface area (Å²) in [6, 6.07) is 10.9. The minimum absolute atomic E-state index is 0.0160. The van der Waals surface area contributed by atoms with Crippen molar-refractivity contribution in [2.75, 3.05) is 36.4 Å². The number of hydrogen-bond donors (Lipinski definition) is 1. The first-order valence-corrected chi connectivity index (χ1v) is 10.2. The Bertz CT molecular complexity index is 814. The van der Waals surface area contributed by atoms with Crippen LogP contribution in [-0.4, -0.2) is 48.0 Å². The summed E-state index contributed by atoms with van der Waals surface area (Å²) in [5.74, 6) is 0.583. The number of nitrogens with zero attached hydrogens (tertiary/aromatic N) is 3. The lowest BCUT2D eigenvalue weighted by molar-refractivity contribution is 0.0746. The Morgan fingerprint density at radius 1 is 1.04 bits per heavy atom. The zero-order chi connectivity index (χ0) is 19.3. The molecule has 1 N–H and O–H groups in total. The molecule has 1 saturated heterocycles. The molecule has 2 heterocycles. The van der Waals surface area contributed by atoms with Crippen LogP contribution < -0.4 is 10.2 Å². The molecule has 1 aromatic heterocycles. The van der Waals surface area contributed by atoms with E-state index in [9.17, 15) is 9.18 Å². The molecule has 0 atom stereocenters. The summed E-state index contributed by atoms with van der Waals surface area (Å²) in [7, 11) is 0. The van der Waals surface area contributed by atoms with Gasteiger partial charge in [0, 0.05) is 44.0 Å². The topological polar surface area (TPSA) is 48.5 Å². The fourth-order valence-electron chi connectivity index (χ4n) is 4.14. The van der Waals surface area contributed by atoms with Crippen molar-refractivity contribution < 1.29 is 9.18 Å². The Labute approximate surface area is 165 Å². The Kier molecular flexibility index (Phi) is 5.74. The number of benzene rings is 1. The molecule has 6 heteroatoms. The summed E-state index contributed by atoms with van der Waals surface area (Å²) in [5.41, 5.74) is 1.27. The van der Waals surface area contributed by atoms with E-state index in [1.807, 2.05) is 21.9 Å². The highest BCUT2D eigenvalue weighted by atomic mass is 19.1. The van der Waals surface area contributed by atoms with Crippen LogP contribution in [0.25, 0.3) is 0 Å². The molecule has 148 valence electrons. The van der Waals surface area contributed by atoms with Gasteiger partial charge in [-0.3, -0.25) is 4.79 Å². The van der Waals surface area contributed by atoms with Crippen LogP contribution in [0.3, 0.4) is 0 Å². The SMILES string of the molecule is O=C(c1ccnc(NC2CCCCC2)c1)N1CCN(c2ccccc2F)CC1. The smallest absolute Gasteiger partial charge is 0.254 e. The maximum absolute atomic E-state index is 14.0. The maximum atomic E-state index is 14.0. The van der Waals surface area contributed by atoms with Gasteiger partial charge < -0.3 is 15.1 Å². The summed E-state index contributed by atoms with van der Waals surface area (Å²) in [5, 5.41) is 3.48. The lowest BCUT2D eigenvalue weighted by atomic mass is 9.95. The summed E-state index contributed by atoms with van der Waals surface area (Å²) >= 11 is 0. The first-order valence-electron chi connectivity index (χ1n) is 10.2. The summed E-state index contributed by atoms with van der Waals surface area (Å²) in [4.78, 5) is 21.2. The fraction of sp³-hybridized carbons (Fsp3) is 0.455. The zero-order valence-electron chi connectivity index (χ0n) is 16.1. The molecule has 0 bridgehead atoms. The Morgan fingerprint density at radius 2 is 1.79 bits per heavy atom. The number of pyridine rings is 1. The zero-order valence-corrected chi connectivity index (χ0v) is 16.1. The van der Waals surface area contributed by atoms with Gasteiger partial charge >= 0.3 is 0 Å². The molecule has 1 saturated carbocycles. The number of hydrogen-bond acceptors (Lipinski definition) is 4. The van der Waals surface area contributed by atoms with Crippen LogP contribution in [0.15, 0.2) is 42.6 Å². The molecule has 1 amide bonds. The highest BCUT2D eigenvalue weighted by Gasteiger charge is 2.24. The van der Waals surface area contributed by atoms with E-state index >= 15 is 0 Å². The first-order chi connectivity index (χ1) is 13.7. The molecule has 5 nitrogen and oxygen atoms in total. The highest BCUT2D eigenvalue weighted by Crippen LogP contribution is 2.23. The number of piperazine rings is 1. The Hall–Kier alpha value is -2.63. The van der Waals surface area contributed by atoms with E-state index in [0.717, 1.165) is 18.7 Å². The van der Waals surface area contributed by atoms with Gasteiger partial charge in [0.15, 0.2) is 0 Å². The van der Waals surface area contributed by atoms with Crippen LogP contribution in [0, 0.1) is 5.82 Å². The molecular weight excluding hydrogens is 355 g/mol. The van der Waals surface area contributed by atoms with Gasteiger partial charge in [-0.25, -0.2) is 9.37 Å². The third-order valence-corrected chi connectivity index (χ3v) is 5.72. The molecule has 0 radical (unpaired) electrons. The molecular formula is C22H27FN4O. The first kappa shape index (κ1) is 18.7. The average Bonchev–Trinajstić information content (AvgIpc) is 2.75. The number of carbonyl (C=O) groups excluding carboxylic acids is 1. The molecule has 1 aromatic carbocycles. The molecule has 2 aliphatic rings. The fourth-order valence-corrected chi connectivity index (χ4v) is 4.14. The third kappa shape index (κ3) is 4.26. The highest BCUT2D eigenvalue weighted by molar-refractivity contribution is 5.95. The molecule has 0 spiro atoms. The standard InChI is InChI=1S/C22H27FN4O/c23-19-8-4-5-9-20(19)26-12-14-27(15-13-26)22(28)17-10-11-24-21(16-17)25-18-6-2-1-3-7-18/h4-5,8-11,16,18H,1-3,6-7,12-15H2,(H,24,25). The van der Waals surface area contributed by atoms with Crippen LogP contribution >= 0.6 is 0 Å². The Morgan fingerprint density at radius 3 is 2.54 bits per heavy atom. The van der Waals surface area contributed by atoms with E-state index in [-0.39, 0.29) is 11.7 Å². The van der Waals surface area contributed by atoms with Crippen molar-refractivity contribution in [1.29, 1.82) is 0 Å². The number of amides is 1. The van der Waals surface area contributed by atoms with Crippen LogP contribution in [-0.2, 0) is 0 Å². The van der Waals surface area contributed by atoms with Crippen LogP contribution in [0.5, 0.6) is 0 Å². The van der Waals surface area contributed by atoms with Crippen molar-refractivity contribution in [3.05, 3.63) is 54.0 Å². The monoisotopic (exact) mass is 382 g/mol. The van der Waals surface area contributed by atoms with Crippen molar-refractivity contribution in [2.24, 2.45) is 0 Å². The molecule has 1 aliphatic carbocycles. The van der Waals surface area contributed by atoms with Gasteiger partial charge in [0.05, 0.1) is 5.69 Å². The van der Waals surface area contributed by atoms with Gasteiger partial charge in [0.25, 0.3) is 5.91 Å². The van der Waals surface area contributed by atoms with Gasteiger partial charge in [-0.15, -0.1) is 0 Å². The van der Waals surface area contributed by atoms with Crippen molar-refractivity contribution in [2.45, 2.75) is 38.1 Å². The number of aromatic nitrogens is 1. The quantitative estimate of drug-likeness (QED) is 0.871. The third-order valence-electron chi connectivity index (χ3n) is 5.72. The second kappa shape index (κ2) is 8.59. The number of halogens is 1. The minimum Gasteiger partial charge on any atom is -0.367 e. The lowest BCUT2D eigenvalue weighted by Crippen LogP contribution is -2.49. The van der Waals surface area contributed by atoms with Gasteiger partial charge in [0.2, 0.25) is 0 Å². The average molecular weight is 382 g/mol. The summed E-state index contributed by atoms with van der Waals surface area (Å²) in [6.07, 6.45) is 7.85. The predicted octanol–water partition coefficient (Wildman–Crippen LogP) is 3.93. The van der Waals surface area contributed by atoms with Gasteiger partial charge in [-0.1, -0.05) is 31.4 Å². The van der Waals surface area contributed by atoms with Crippen molar-refractivity contribution >= 4 is 17.4 Å². The van der Waals surface area contributed by atoms with Crippen LogP contribution in [0.4, 0.5) is 15.9 Å². The molecule has 4 rings (SSSR count). The molecule has 28 heavy (non-hydrogen) atoms. The van der Waals surface area contributed by atoms with E-state index in [1.165, 1.54) is 25.3 Å². The van der Waals surface area contributed by atoms with E-state index in [1.54, 1.807) is 24.4 Å². The number of carbonyl (C=O) groups is 1. The van der Waals surface area contributed by atoms with Gasteiger partial charge in [-0.05, 0) is 37.1 Å². The lowest BCUT2D eigenvalue weighted by Gasteiger charge is -2.36. The molecule has 2 fully saturated rings. The molecule has 0 unspecified atom stereocenters. The number of para-hydroxylation sites is 1. The van der Waals surface area contributed by atoms with Crippen LogP contribution in [0.1, 0.15) is 42.5 Å². The molecule has 1 aliphatic heterocycles. The summed E-state index contributed by atoms with van der Waals surface area (Å²) < 4.78 is 14.0. The van der Waals surface area contributed by atoms with E-state index in [0.29, 0.717) is 43.5 Å². The second-order valence-electron chi connectivity index (χ2n) is 7.64. The molecule has 2 aromatic rings. The second-order valence-corrected chi connectivity index (χ2v) is 7.64. The van der Waals surface area contributed by atoms with Crippen molar-refractivity contribution in [3.8, 4) is 0 Å². The van der Waals surface area contributed by atoms with E-state index in [2.05, 4.69) is 10.3 Å². The Balaban J connectivity index is 1.37. The largest absolute Gasteiger partial charge is 0.367 e. The maximum Gasteiger partial charge on any atom is 0.254 e. The van der Waals surface area contributed by atoms with Crippen molar-refractivity contribution in [1.82, 2.24) is 9.88 Å². The van der Waals surface area contributed by atoms with Gasteiger partial charge in [-0.2, -0.15) is 0 Å². The number of rotatable bonds is 4. The van der Waals surface area contributed by atoms with Gasteiger partial charge in [0.1, 0.15) is 11.6 Å². The van der Waals surface area contributed by atoms with E-state index < -0.39 is 0 Å². The number of nitrogens with one attached hydrogen (secondary N) is 1. The van der Waals surface area contributed by atoms with E-state index in [4.69, 9.17) is 0 Å². The number of anilines is 2. The summed E-state index contributed by atoms with van der Waals surface area (Å²) in [6.45, 7) is 2.43. The predicted molar refractivity (Wildman–Crippen MR) is 109 cm³/mol. The minimum atomic E-state index is -0.213. The normalized spacial score (nSPS) is 18.2. The van der Waals surface area contributed by atoms with Crippen LogP contribution in [0.2, 0.25) is 0 Å².